The molecule has 1 spiro atoms. The third-order valence-corrected chi connectivity index (χ3v) is 12.8. The minimum atomic E-state index is -3.97. The lowest BCUT2D eigenvalue weighted by Gasteiger charge is -2.45. The number of nitrogens with one attached hydrogen (secondary N) is 2. The lowest BCUT2D eigenvalue weighted by molar-refractivity contribution is -0.166. The quantitative estimate of drug-likeness (QED) is 0.440. The first-order valence-corrected chi connectivity index (χ1v) is 15.1. The second kappa shape index (κ2) is 7.32. The molecule has 2 N–H and O–H groups in total. The highest BCUT2D eigenvalue weighted by atomic mass is 32.2. The Kier molecular flexibility index (Phi) is 5.44. The summed E-state index contributed by atoms with van der Waals surface area (Å²) in [5.74, 6) is -0.404. The highest BCUT2D eigenvalue weighted by Gasteiger charge is 2.80. The van der Waals surface area contributed by atoms with Crippen LogP contribution in [0.15, 0.2) is 21.9 Å². The Balaban J connectivity index is 1.92. The maximum atomic E-state index is 12.8. The summed E-state index contributed by atoms with van der Waals surface area (Å²) >= 11 is 0. The normalized spacial score (nSPS) is 36.2. The van der Waals surface area contributed by atoms with Crippen molar-refractivity contribution in [2.24, 2.45) is 0 Å². The summed E-state index contributed by atoms with van der Waals surface area (Å²) < 4.78 is 51.6. The fraction of sp³-hybridized carbons (Fsp3) is 0.789. The Morgan fingerprint density at radius 3 is 2.59 bits per heavy atom. The van der Waals surface area contributed by atoms with Gasteiger partial charge in [-0.15, -0.1) is 0 Å². The first-order chi connectivity index (χ1) is 14.7. The van der Waals surface area contributed by atoms with E-state index < -0.39 is 65.2 Å². The molecule has 13 heteroatoms. The largest absolute Gasteiger partial charge is 0.406 e. The second-order valence-electron chi connectivity index (χ2n) is 10.1. The van der Waals surface area contributed by atoms with Gasteiger partial charge in [-0.2, -0.15) is 8.42 Å². The van der Waals surface area contributed by atoms with E-state index in [4.69, 9.17) is 18.1 Å². The van der Waals surface area contributed by atoms with Crippen LogP contribution < -0.4 is 16.6 Å². The number of hydrogen-bond acceptors (Lipinski definition) is 9. The van der Waals surface area contributed by atoms with Gasteiger partial charge in [-0.3, -0.25) is 23.8 Å². The van der Waals surface area contributed by atoms with Gasteiger partial charge in [0.15, 0.2) is 25.9 Å². The topological polar surface area (TPSA) is 138 Å². The maximum absolute atomic E-state index is 12.8. The summed E-state index contributed by atoms with van der Waals surface area (Å²) in [5.41, 5.74) is -4.15. The van der Waals surface area contributed by atoms with Crippen molar-refractivity contribution in [1.82, 2.24) is 14.9 Å². The van der Waals surface area contributed by atoms with Gasteiger partial charge >= 0.3 is 5.69 Å². The minimum Gasteiger partial charge on any atom is -0.406 e. The predicted octanol–water partition coefficient (Wildman–Crippen LogP) is 0.259. The van der Waals surface area contributed by atoms with Gasteiger partial charge in [0, 0.05) is 25.4 Å². The molecule has 4 heterocycles. The molecule has 0 aliphatic carbocycles. The van der Waals surface area contributed by atoms with Crippen molar-refractivity contribution < 1.29 is 26.5 Å². The average molecular weight is 490 g/mol. The molecule has 1 aromatic heterocycles. The van der Waals surface area contributed by atoms with Crippen LogP contribution >= 0.6 is 0 Å². The molecule has 180 valence electrons. The van der Waals surface area contributed by atoms with E-state index in [1.807, 2.05) is 13.1 Å². The predicted molar refractivity (Wildman–Crippen MR) is 117 cm³/mol. The number of hydrogen-bond donors (Lipinski definition) is 2. The van der Waals surface area contributed by atoms with Crippen LogP contribution in [-0.4, -0.2) is 68.7 Å². The van der Waals surface area contributed by atoms with Crippen LogP contribution in [0.3, 0.4) is 0 Å². The smallest absolute Gasteiger partial charge is 0.330 e. The molecule has 0 aromatic carbocycles. The van der Waals surface area contributed by atoms with Crippen LogP contribution in [0.5, 0.6) is 0 Å². The first kappa shape index (κ1) is 23.8. The Hall–Kier alpha value is -1.35. The van der Waals surface area contributed by atoms with Gasteiger partial charge in [0.25, 0.3) is 15.7 Å². The summed E-state index contributed by atoms with van der Waals surface area (Å²) in [5, 5.41) is 2.95. The zero-order chi connectivity index (χ0) is 23.7. The van der Waals surface area contributed by atoms with Crippen molar-refractivity contribution >= 4 is 18.4 Å². The second-order valence-corrected chi connectivity index (χ2v) is 16.4. The number of H-pyrrole nitrogens is 1. The summed E-state index contributed by atoms with van der Waals surface area (Å²) in [6, 6.07) is 1.21. The van der Waals surface area contributed by atoms with E-state index in [9.17, 15) is 18.0 Å². The number of aromatic nitrogens is 2. The van der Waals surface area contributed by atoms with Gasteiger partial charge in [0.2, 0.25) is 0 Å². The first-order valence-electron chi connectivity index (χ1n) is 10.7. The van der Waals surface area contributed by atoms with Crippen LogP contribution in [0, 0.1) is 0 Å². The molecule has 0 unspecified atom stereocenters. The summed E-state index contributed by atoms with van der Waals surface area (Å²) in [7, 11) is -6.50. The molecular weight excluding hydrogens is 458 g/mol. The number of rotatable bonds is 5. The van der Waals surface area contributed by atoms with Crippen LogP contribution in [0.2, 0.25) is 18.1 Å². The number of aromatic amines is 1. The van der Waals surface area contributed by atoms with E-state index in [2.05, 4.69) is 31.1 Å². The number of ether oxygens (including phenoxy) is 2. The molecular formula is C19H31N3O8SSi. The standard InChI is InChI=1S/C19H31N3O8SSi/c1-7-27-18-11-31(25,26)30-19(18)12(10-20-18)28-15(22-9-8-13(23)21-16(22)24)14(19)29-32(5,6)17(2,3)4/h8-9,12,14-15,20H,7,10-11H2,1-6H3,(H,21,23,24)/t12-,14+,15-,18-,19-/m1/s1. The van der Waals surface area contributed by atoms with Gasteiger partial charge in [0.05, 0.1) is 0 Å². The fourth-order valence-corrected chi connectivity index (χ4v) is 7.58. The highest BCUT2D eigenvalue weighted by molar-refractivity contribution is 7.87. The minimum absolute atomic E-state index is 0.222. The summed E-state index contributed by atoms with van der Waals surface area (Å²) in [6.45, 7) is 12.5. The maximum Gasteiger partial charge on any atom is 0.330 e. The number of nitrogens with zero attached hydrogens (tertiary/aromatic N) is 1. The lowest BCUT2D eigenvalue weighted by Crippen LogP contribution is -2.66. The Bertz CT molecular complexity index is 1120. The Labute approximate surface area is 187 Å². The van der Waals surface area contributed by atoms with Crippen molar-refractivity contribution in [1.29, 1.82) is 0 Å². The van der Waals surface area contributed by atoms with Gasteiger partial charge < -0.3 is 13.9 Å². The van der Waals surface area contributed by atoms with E-state index in [0.717, 1.165) is 0 Å². The average Bonchev–Trinajstić information content (AvgIpc) is 3.15. The van der Waals surface area contributed by atoms with Gasteiger partial charge in [-0.1, -0.05) is 20.8 Å². The van der Waals surface area contributed by atoms with Crippen molar-refractivity contribution in [3.05, 3.63) is 33.1 Å². The third-order valence-electron chi connectivity index (χ3n) is 7.06. The van der Waals surface area contributed by atoms with Crippen LogP contribution in [0.25, 0.3) is 0 Å². The molecule has 3 aliphatic heterocycles. The van der Waals surface area contributed by atoms with E-state index in [0.29, 0.717) is 0 Å². The molecule has 4 rings (SSSR count). The summed E-state index contributed by atoms with van der Waals surface area (Å²) in [6.07, 6.45) is -1.44. The van der Waals surface area contributed by atoms with Gasteiger partial charge in [0.1, 0.15) is 18.0 Å². The molecule has 3 fully saturated rings. The molecule has 11 nitrogen and oxygen atoms in total. The van der Waals surface area contributed by atoms with Crippen molar-refractivity contribution in [3.63, 3.8) is 0 Å². The molecule has 32 heavy (non-hydrogen) atoms. The molecule has 3 saturated heterocycles. The van der Waals surface area contributed by atoms with Crippen molar-refractivity contribution in [3.8, 4) is 0 Å². The van der Waals surface area contributed by atoms with Crippen LogP contribution in [0.1, 0.15) is 33.9 Å². The Morgan fingerprint density at radius 1 is 1.31 bits per heavy atom. The zero-order valence-corrected chi connectivity index (χ0v) is 20.9. The van der Waals surface area contributed by atoms with E-state index >= 15 is 0 Å². The molecule has 1 aromatic rings. The molecule has 0 bridgehead atoms. The van der Waals surface area contributed by atoms with Crippen molar-refractivity contribution in [2.75, 3.05) is 18.9 Å². The molecule has 0 radical (unpaired) electrons. The van der Waals surface area contributed by atoms with E-state index in [1.54, 1.807) is 6.92 Å². The highest BCUT2D eigenvalue weighted by Crippen LogP contribution is 2.57. The lowest BCUT2D eigenvalue weighted by atomic mass is 9.85. The summed E-state index contributed by atoms with van der Waals surface area (Å²) in [4.78, 5) is 26.5. The van der Waals surface area contributed by atoms with E-state index in [-0.39, 0.29) is 18.2 Å². The Morgan fingerprint density at radius 2 is 2.00 bits per heavy atom. The van der Waals surface area contributed by atoms with E-state index in [1.165, 1.54) is 16.8 Å². The monoisotopic (exact) mass is 489 g/mol. The van der Waals surface area contributed by atoms with Gasteiger partial charge in [-0.25, -0.2) is 4.79 Å². The van der Waals surface area contributed by atoms with Crippen molar-refractivity contribution in [2.45, 2.75) is 75.6 Å². The molecule has 5 atom stereocenters. The molecule has 0 saturated carbocycles. The van der Waals surface area contributed by atoms with Gasteiger partial charge in [-0.05, 0) is 25.1 Å². The zero-order valence-electron chi connectivity index (χ0n) is 19.1. The molecule has 3 aliphatic rings. The SMILES string of the molecule is CCO[C@]12CS(=O)(=O)O[C@@]13[C@@H](CN2)O[C@@H](n1ccc(=O)[nH]c1=O)[C@@H]3O[Si](C)(C)C(C)(C)C. The van der Waals surface area contributed by atoms with Crippen LogP contribution in [0.4, 0.5) is 0 Å². The third kappa shape index (κ3) is 3.37. The van der Waals surface area contributed by atoms with Crippen LogP contribution in [-0.2, 0) is 28.2 Å². The molecule has 0 amide bonds. The fourth-order valence-electron chi connectivity index (χ4n) is 4.57.